The SMILES string of the molecule is C[C@H](NC(=O)CSc1nnc(COc2ccccc2Cl)n1C1CC1)c1ccccc1. The van der Waals surface area contributed by atoms with Gasteiger partial charge in [-0.3, -0.25) is 9.36 Å². The maximum absolute atomic E-state index is 12.4. The minimum atomic E-state index is -0.0415. The van der Waals surface area contributed by atoms with Gasteiger partial charge in [0, 0.05) is 6.04 Å². The van der Waals surface area contributed by atoms with Crippen LogP contribution in [0, 0.1) is 0 Å². The van der Waals surface area contributed by atoms with E-state index in [-0.39, 0.29) is 24.3 Å². The van der Waals surface area contributed by atoms with Gasteiger partial charge in [-0.05, 0) is 37.5 Å². The molecule has 1 heterocycles. The normalized spacial score (nSPS) is 14.3. The number of para-hydroxylation sites is 1. The Morgan fingerprint density at radius 2 is 1.93 bits per heavy atom. The summed E-state index contributed by atoms with van der Waals surface area (Å²) < 4.78 is 7.93. The van der Waals surface area contributed by atoms with Gasteiger partial charge in [0.15, 0.2) is 11.0 Å². The zero-order valence-corrected chi connectivity index (χ0v) is 18.2. The Bertz CT molecular complexity index is 1010. The predicted molar refractivity (Wildman–Crippen MR) is 118 cm³/mol. The van der Waals surface area contributed by atoms with E-state index in [9.17, 15) is 4.79 Å². The van der Waals surface area contributed by atoms with Crippen molar-refractivity contribution in [2.24, 2.45) is 0 Å². The Balaban J connectivity index is 1.36. The highest BCUT2D eigenvalue weighted by Crippen LogP contribution is 2.39. The molecule has 1 saturated carbocycles. The second kappa shape index (κ2) is 9.53. The number of nitrogens with one attached hydrogen (secondary N) is 1. The number of ether oxygens (including phenoxy) is 1. The van der Waals surface area contributed by atoms with Crippen LogP contribution in [0.25, 0.3) is 0 Å². The van der Waals surface area contributed by atoms with Crippen molar-refractivity contribution in [3.8, 4) is 5.75 Å². The largest absolute Gasteiger partial charge is 0.484 e. The third-order valence-electron chi connectivity index (χ3n) is 4.85. The van der Waals surface area contributed by atoms with Gasteiger partial charge < -0.3 is 10.1 Å². The van der Waals surface area contributed by atoms with Crippen molar-refractivity contribution >= 4 is 29.3 Å². The van der Waals surface area contributed by atoms with Crippen LogP contribution in [0.3, 0.4) is 0 Å². The lowest BCUT2D eigenvalue weighted by atomic mass is 10.1. The molecule has 6 nitrogen and oxygen atoms in total. The summed E-state index contributed by atoms with van der Waals surface area (Å²) >= 11 is 7.57. The Morgan fingerprint density at radius 3 is 2.67 bits per heavy atom. The van der Waals surface area contributed by atoms with Gasteiger partial charge in [0.1, 0.15) is 12.4 Å². The molecule has 1 fully saturated rings. The Morgan fingerprint density at radius 1 is 1.20 bits per heavy atom. The molecule has 1 aromatic heterocycles. The summed E-state index contributed by atoms with van der Waals surface area (Å²) in [7, 11) is 0. The highest BCUT2D eigenvalue weighted by atomic mass is 35.5. The van der Waals surface area contributed by atoms with Crippen molar-refractivity contribution in [1.82, 2.24) is 20.1 Å². The van der Waals surface area contributed by atoms with Crippen LogP contribution >= 0.6 is 23.4 Å². The molecule has 1 aliphatic rings. The van der Waals surface area contributed by atoms with E-state index in [1.165, 1.54) is 11.8 Å². The van der Waals surface area contributed by atoms with Gasteiger partial charge >= 0.3 is 0 Å². The van der Waals surface area contributed by atoms with Crippen molar-refractivity contribution in [1.29, 1.82) is 0 Å². The summed E-state index contributed by atoms with van der Waals surface area (Å²) in [5.41, 5.74) is 1.08. The van der Waals surface area contributed by atoms with E-state index in [4.69, 9.17) is 16.3 Å². The van der Waals surface area contributed by atoms with Crippen LogP contribution in [-0.4, -0.2) is 26.4 Å². The van der Waals surface area contributed by atoms with Crippen molar-refractivity contribution in [2.75, 3.05) is 5.75 Å². The van der Waals surface area contributed by atoms with Crippen LogP contribution in [-0.2, 0) is 11.4 Å². The molecule has 1 N–H and O–H groups in total. The van der Waals surface area contributed by atoms with E-state index in [2.05, 4.69) is 20.1 Å². The van der Waals surface area contributed by atoms with Crippen LogP contribution < -0.4 is 10.1 Å². The molecule has 8 heteroatoms. The third kappa shape index (κ3) is 5.15. The summed E-state index contributed by atoms with van der Waals surface area (Å²) in [5, 5.41) is 13.0. The van der Waals surface area contributed by atoms with Gasteiger partial charge in [0.25, 0.3) is 0 Å². The van der Waals surface area contributed by atoms with E-state index in [0.29, 0.717) is 16.8 Å². The maximum Gasteiger partial charge on any atom is 0.230 e. The van der Waals surface area contributed by atoms with Crippen molar-refractivity contribution in [2.45, 2.75) is 43.6 Å². The van der Waals surface area contributed by atoms with E-state index >= 15 is 0 Å². The maximum atomic E-state index is 12.4. The highest BCUT2D eigenvalue weighted by Gasteiger charge is 2.30. The molecular weight excluding hydrogens is 420 g/mol. The summed E-state index contributed by atoms with van der Waals surface area (Å²) in [6.07, 6.45) is 2.17. The Kier molecular flexibility index (Phi) is 6.59. The van der Waals surface area contributed by atoms with Crippen LogP contribution in [0.2, 0.25) is 5.02 Å². The van der Waals surface area contributed by atoms with Gasteiger partial charge in [-0.15, -0.1) is 10.2 Å². The van der Waals surface area contributed by atoms with Crippen molar-refractivity contribution in [3.05, 3.63) is 71.0 Å². The number of carbonyl (C=O) groups is 1. The number of rotatable bonds is 9. The lowest BCUT2D eigenvalue weighted by Crippen LogP contribution is -2.28. The van der Waals surface area contributed by atoms with Gasteiger partial charge in [-0.25, -0.2) is 0 Å². The lowest BCUT2D eigenvalue weighted by Gasteiger charge is -2.14. The number of benzene rings is 2. The van der Waals surface area contributed by atoms with E-state index in [0.717, 1.165) is 29.4 Å². The molecule has 156 valence electrons. The fourth-order valence-corrected chi connectivity index (χ4v) is 4.17. The quantitative estimate of drug-likeness (QED) is 0.481. The molecule has 0 aliphatic heterocycles. The topological polar surface area (TPSA) is 69.0 Å². The molecule has 0 bridgehead atoms. The molecule has 3 aromatic rings. The number of hydrogen-bond acceptors (Lipinski definition) is 5. The standard InChI is InChI=1S/C22H23ClN4O2S/c1-15(16-7-3-2-4-8-16)24-21(28)14-30-22-26-25-20(27(22)17-11-12-17)13-29-19-10-6-5-9-18(19)23/h2-10,15,17H,11-14H2,1H3,(H,24,28)/t15-/m0/s1. The van der Waals surface area contributed by atoms with Crippen molar-refractivity contribution in [3.63, 3.8) is 0 Å². The molecule has 0 radical (unpaired) electrons. The highest BCUT2D eigenvalue weighted by molar-refractivity contribution is 7.99. The van der Waals surface area contributed by atoms with Crippen LogP contribution in [0.4, 0.5) is 0 Å². The number of halogens is 1. The smallest absolute Gasteiger partial charge is 0.230 e. The zero-order valence-electron chi connectivity index (χ0n) is 16.6. The minimum absolute atomic E-state index is 0.0319. The van der Waals surface area contributed by atoms with E-state index < -0.39 is 0 Å². The fraction of sp³-hybridized carbons (Fsp3) is 0.318. The number of nitrogens with zero attached hydrogens (tertiary/aromatic N) is 3. The minimum Gasteiger partial charge on any atom is -0.484 e. The third-order valence-corrected chi connectivity index (χ3v) is 6.11. The van der Waals surface area contributed by atoms with Gasteiger partial charge in [-0.1, -0.05) is 65.8 Å². The second-order valence-electron chi connectivity index (χ2n) is 7.21. The molecule has 2 aromatic carbocycles. The average molecular weight is 443 g/mol. The molecule has 1 amide bonds. The van der Waals surface area contributed by atoms with Crippen LogP contribution in [0.15, 0.2) is 59.8 Å². The van der Waals surface area contributed by atoms with Crippen LogP contribution in [0.5, 0.6) is 5.75 Å². The van der Waals surface area contributed by atoms with Crippen molar-refractivity contribution < 1.29 is 9.53 Å². The molecular formula is C22H23ClN4O2S. The van der Waals surface area contributed by atoms with E-state index in [1.54, 1.807) is 6.07 Å². The summed E-state index contributed by atoms with van der Waals surface area (Å²) in [5.74, 6) is 1.62. The average Bonchev–Trinajstić information content (AvgIpc) is 3.52. The molecule has 0 spiro atoms. The molecule has 0 unspecified atom stereocenters. The number of thioether (sulfide) groups is 1. The molecule has 0 saturated heterocycles. The van der Waals surface area contributed by atoms with Gasteiger partial charge in [0.05, 0.1) is 16.8 Å². The van der Waals surface area contributed by atoms with Gasteiger partial charge in [0.2, 0.25) is 5.91 Å². The Hall–Kier alpha value is -2.51. The van der Waals surface area contributed by atoms with Gasteiger partial charge in [-0.2, -0.15) is 0 Å². The summed E-state index contributed by atoms with van der Waals surface area (Å²) in [6, 6.07) is 17.6. The first-order valence-corrected chi connectivity index (χ1v) is 11.3. The van der Waals surface area contributed by atoms with E-state index in [1.807, 2.05) is 55.5 Å². The molecule has 4 rings (SSSR count). The monoisotopic (exact) mass is 442 g/mol. The first-order chi connectivity index (χ1) is 14.6. The predicted octanol–water partition coefficient (Wildman–Crippen LogP) is 4.81. The molecule has 30 heavy (non-hydrogen) atoms. The number of amides is 1. The number of aromatic nitrogens is 3. The summed E-state index contributed by atoms with van der Waals surface area (Å²) in [6.45, 7) is 2.26. The number of hydrogen-bond donors (Lipinski definition) is 1. The Labute approximate surface area is 185 Å². The second-order valence-corrected chi connectivity index (χ2v) is 8.56. The molecule has 1 atom stereocenters. The first kappa shape index (κ1) is 20.8. The number of carbonyl (C=O) groups excluding carboxylic acids is 1. The molecule has 1 aliphatic carbocycles. The fourth-order valence-electron chi connectivity index (χ4n) is 3.15. The summed E-state index contributed by atoms with van der Waals surface area (Å²) in [4.78, 5) is 12.4. The van der Waals surface area contributed by atoms with Crippen LogP contribution in [0.1, 0.15) is 43.2 Å². The lowest BCUT2D eigenvalue weighted by molar-refractivity contribution is -0.119. The first-order valence-electron chi connectivity index (χ1n) is 9.90. The zero-order chi connectivity index (χ0) is 20.9.